The number of allylic oxidation sites excluding steroid dienone is 4. The SMILES string of the molecule is C=C(/C(=C/NCC1=CC(C)=C(CCCOCC(C)(F)F)NC1)C(/C=C\CCC)NC)C(C)C. The Hall–Kier alpha value is -1.92. The maximum absolute atomic E-state index is 12.8. The van der Waals surface area contributed by atoms with Crippen LogP contribution in [0.2, 0.25) is 0 Å². The van der Waals surface area contributed by atoms with Crippen molar-refractivity contribution in [3.8, 4) is 0 Å². The quantitative estimate of drug-likeness (QED) is 0.151. The van der Waals surface area contributed by atoms with Gasteiger partial charge in [0.15, 0.2) is 0 Å². The highest BCUT2D eigenvalue weighted by Gasteiger charge is 2.21. The van der Waals surface area contributed by atoms with E-state index in [1.807, 2.05) is 7.05 Å². The molecule has 188 valence electrons. The van der Waals surface area contributed by atoms with Gasteiger partial charge in [0.2, 0.25) is 0 Å². The number of dihydropyridines is 1. The summed E-state index contributed by atoms with van der Waals surface area (Å²) in [6.45, 7) is 15.1. The van der Waals surface area contributed by atoms with Crippen LogP contribution in [0.5, 0.6) is 0 Å². The second kappa shape index (κ2) is 15.1. The molecule has 1 unspecified atom stereocenters. The number of nitrogens with one attached hydrogen (secondary N) is 3. The van der Waals surface area contributed by atoms with Gasteiger partial charge in [-0.2, -0.15) is 0 Å². The molecule has 3 N–H and O–H groups in total. The molecule has 0 aromatic heterocycles. The van der Waals surface area contributed by atoms with Crippen molar-refractivity contribution in [2.24, 2.45) is 5.92 Å². The molecule has 1 rings (SSSR count). The van der Waals surface area contributed by atoms with Gasteiger partial charge in [-0.25, -0.2) is 8.78 Å². The van der Waals surface area contributed by atoms with Crippen LogP contribution in [0, 0.1) is 5.92 Å². The molecule has 1 atom stereocenters. The molecule has 0 saturated carbocycles. The number of hydrogen-bond donors (Lipinski definition) is 3. The van der Waals surface area contributed by atoms with Gasteiger partial charge in [-0.3, -0.25) is 0 Å². The third-order valence-corrected chi connectivity index (χ3v) is 5.58. The number of rotatable bonds is 16. The molecule has 0 fully saturated rings. The fourth-order valence-corrected chi connectivity index (χ4v) is 3.57. The van der Waals surface area contributed by atoms with E-state index in [2.05, 4.69) is 74.7 Å². The van der Waals surface area contributed by atoms with E-state index in [-0.39, 0.29) is 6.04 Å². The van der Waals surface area contributed by atoms with Crippen LogP contribution in [0.1, 0.15) is 60.3 Å². The molecular weight excluding hydrogens is 420 g/mol. The van der Waals surface area contributed by atoms with Crippen LogP contribution < -0.4 is 16.0 Å². The molecule has 0 amide bonds. The number of hydrogen-bond acceptors (Lipinski definition) is 4. The van der Waals surface area contributed by atoms with Crippen molar-refractivity contribution in [1.29, 1.82) is 0 Å². The molecule has 1 heterocycles. The number of likely N-dealkylation sites (N-methyl/N-ethyl adjacent to an activating group) is 1. The van der Waals surface area contributed by atoms with E-state index in [0.29, 0.717) is 12.5 Å². The average Bonchev–Trinajstić information content (AvgIpc) is 2.74. The van der Waals surface area contributed by atoms with Crippen molar-refractivity contribution in [3.05, 3.63) is 59.0 Å². The molecule has 4 nitrogen and oxygen atoms in total. The Labute approximate surface area is 200 Å². The summed E-state index contributed by atoms with van der Waals surface area (Å²) >= 11 is 0. The van der Waals surface area contributed by atoms with Crippen LogP contribution in [0.4, 0.5) is 8.78 Å². The van der Waals surface area contributed by atoms with Crippen molar-refractivity contribution in [3.63, 3.8) is 0 Å². The molecule has 0 spiro atoms. The first-order chi connectivity index (χ1) is 15.6. The molecule has 0 radical (unpaired) electrons. The van der Waals surface area contributed by atoms with Crippen molar-refractivity contribution in [2.45, 2.75) is 72.3 Å². The maximum atomic E-state index is 12.8. The van der Waals surface area contributed by atoms with Gasteiger partial charge in [0.1, 0.15) is 6.61 Å². The molecule has 1 aliphatic heterocycles. The van der Waals surface area contributed by atoms with Gasteiger partial charge < -0.3 is 20.7 Å². The topological polar surface area (TPSA) is 45.3 Å². The van der Waals surface area contributed by atoms with E-state index in [1.54, 1.807) is 0 Å². The van der Waals surface area contributed by atoms with Crippen molar-refractivity contribution >= 4 is 0 Å². The van der Waals surface area contributed by atoms with E-state index >= 15 is 0 Å². The van der Waals surface area contributed by atoms with Gasteiger partial charge in [-0.05, 0) is 61.4 Å². The molecular formula is C27H45F2N3O. The fraction of sp³-hybridized carbons (Fsp3) is 0.630. The molecule has 0 aromatic carbocycles. The molecule has 6 heteroatoms. The van der Waals surface area contributed by atoms with Crippen LogP contribution in [0.25, 0.3) is 0 Å². The van der Waals surface area contributed by atoms with E-state index in [4.69, 9.17) is 4.74 Å². The minimum absolute atomic E-state index is 0.125. The van der Waals surface area contributed by atoms with Crippen molar-refractivity contribution in [1.82, 2.24) is 16.0 Å². The first-order valence-electron chi connectivity index (χ1n) is 12.1. The predicted octanol–water partition coefficient (Wildman–Crippen LogP) is 5.87. The normalized spacial score (nSPS) is 16.3. The minimum Gasteiger partial charge on any atom is -0.387 e. The Morgan fingerprint density at radius 2 is 2.09 bits per heavy atom. The average molecular weight is 466 g/mol. The summed E-state index contributed by atoms with van der Waals surface area (Å²) in [5.74, 6) is -2.40. The summed E-state index contributed by atoms with van der Waals surface area (Å²) in [5.41, 5.74) is 5.91. The molecule has 1 aliphatic rings. The number of ether oxygens (including phenoxy) is 1. The maximum Gasteiger partial charge on any atom is 0.268 e. The first-order valence-corrected chi connectivity index (χ1v) is 12.1. The monoisotopic (exact) mass is 465 g/mol. The summed E-state index contributed by atoms with van der Waals surface area (Å²) in [6.07, 6.45) is 12.5. The lowest BCUT2D eigenvalue weighted by Crippen LogP contribution is -2.30. The summed E-state index contributed by atoms with van der Waals surface area (Å²) in [7, 11) is 1.98. The summed E-state index contributed by atoms with van der Waals surface area (Å²) in [6, 6.07) is 0.125. The van der Waals surface area contributed by atoms with Gasteiger partial charge in [-0.1, -0.05) is 52.0 Å². The molecule has 0 saturated heterocycles. The van der Waals surface area contributed by atoms with E-state index in [1.165, 1.54) is 16.7 Å². The van der Waals surface area contributed by atoms with Crippen LogP contribution in [0.15, 0.2) is 59.0 Å². The van der Waals surface area contributed by atoms with E-state index in [9.17, 15) is 8.78 Å². The smallest absolute Gasteiger partial charge is 0.268 e. The third kappa shape index (κ3) is 11.7. The zero-order valence-electron chi connectivity index (χ0n) is 21.5. The Bertz CT molecular complexity index is 730. The summed E-state index contributed by atoms with van der Waals surface area (Å²) in [5, 5.41) is 10.4. The number of halogens is 2. The first kappa shape index (κ1) is 29.1. The lowest BCUT2D eigenvalue weighted by atomic mass is 9.92. The van der Waals surface area contributed by atoms with E-state index < -0.39 is 12.5 Å². The van der Waals surface area contributed by atoms with Gasteiger partial charge in [0.25, 0.3) is 5.92 Å². The standard InChI is InChI=1S/C27H45F2N3O/c1-8-9-10-12-26(30-7)24(22(5)20(2)3)18-31-16-23-15-21(4)25(32-17-23)13-11-14-33-19-27(6,28)29/h10,12,15,18,20,26,30-32H,5,8-9,11,13-14,16-17,19H2,1-4,6-7H3/b12-10-,24-18-. The molecule has 0 aliphatic carbocycles. The predicted molar refractivity (Wildman–Crippen MR) is 136 cm³/mol. The van der Waals surface area contributed by atoms with Crippen LogP contribution in [-0.4, -0.2) is 45.3 Å². The van der Waals surface area contributed by atoms with Crippen LogP contribution in [-0.2, 0) is 4.74 Å². The Kier molecular flexibility index (Phi) is 13.3. The van der Waals surface area contributed by atoms with Crippen molar-refractivity contribution < 1.29 is 13.5 Å². The summed E-state index contributed by atoms with van der Waals surface area (Å²) in [4.78, 5) is 0. The zero-order chi connectivity index (χ0) is 24.9. The Balaban J connectivity index is 2.70. The van der Waals surface area contributed by atoms with E-state index in [0.717, 1.165) is 57.0 Å². The van der Waals surface area contributed by atoms with Gasteiger partial charge in [0.05, 0.1) is 6.04 Å². The lowest BCUT2D eigenvalue weighted by molar-refractivity contribution is -0.0626. The zero-order valence-corrected chi connectivity index (χ0v) is 21.5. The molecule has 0 aromatic rings. The lowest BCUT2D eigenvalue weighted by Gasteiger charge is -2.23. The second-order valence-corrected chi connectivity index (χ2v) is 9.19. The third-order valence-electron chi connectivity index (χ3n) is 5.58. The van der Waals surface area contributed by atoms with Gasteiger partial charge in [0, 0.05) is 38.5 Å². The summed E-state index contributed by atoms with van der Waals surface area (Å²) < 4.78 is 30.7. The number of alkyl halides is 2. The fourth-order valence-electron chi connectivity index (χ4n) is 3.57. The van der Waals surface area contributed by atoms with Crippen LogP contribution in [0.3, 0.4) is 0 Å². The number of unbranched alkanes of at least 4 members (excludes halogenated alkanes) is 1. The minimum atomic E-state index is -2.77. The highest BCUT2D eigenvalue weighted by Crippen LogP contribution is 2.22. The largest absolute Gasteiger partial charge is 0.387 e. The highest BCUT2D eigenvalue weighted by molar-refractivity contribution is 5.38. The molecule has 0 bridgehead atoms. The Morgan fingerprint density at radius 1 is 1.36 bits per heavy atom. The Morgan fingerprint density at radius 3 is 2.67 bits per heavy atom. The van der Waals surface area contributed by atoms with Gasteiger partial charge >= 0.3 is 0 Å². The van der Waals surface area contributed by atoms with Crippen LogP contribution >= 0.6 is 0 Å². The van der Waals surface area contributed by atoms with Gasteiger partial charge in [-0.15, -0.1) is 0 Å². The highest BCUT2D eigenvalue weighted by atomic mass is 19.3. The van der Waals surface area contributed by atoms with Crippen molar-refractivity contribution in [2.75, 3.05) is 33.4 Å². The second-order valence-electron chi connectivity index (χ2n) is 9.19. The molecule has 33 heavy (non-hydrogen) atoms.